The molecular weight excluding hydrogens is 140 g/mol. The third-order valence-corrected chi connectivity index (χ3v) is 1.61. The molecule has 0 saturated heterocycles. The van der Waals surface area contributed by atoms with E-state index in [9.17, 15) is 0 Å². The van der Waals surface area contributed by atoms with Gasteiger partial charge in [0.05, 0.1) is 6.54 Å². The van der Waals surface area contributed by atoms with Crippen molar-refractivity contribution in [3.63, 3.8) is 0 Å². The second-order valence-corrected chi connectivity index (χ2v) is 2.33. The van der Waals surface area contributed by atoms with Crippen molar-refractivity contribution >= 4 is 5.96 Å². The van der Waals surface area contributed by atoms with E-state index in [0.717, 1.165) is 19.6 Å². The molecule has 0 amide bonds. The largest absolute Gasteiger partial charge is 0.370 e. The van der Waals surface area contributed by atoms with Crippen LogP contribution in [0.2, 0.25) is 0 Å². The number of aliphatic imine (C=N–C) groups is 1. The molecule has 0 saturated carbocycles. The molecule has 0 rings (SSSR count). The molecule has 0 radical (unpaired) electrons. The maximum atomic E-state index is 5.17. The molecule has 4 N–H and O–H groups in total. The normalized spacial score (nSPS) is 10.1. The summed E-state index contributed by atoms with van der Waals surface area (Å²) >= 11 is 0. The molecular formula is C7H18N4. The maximum Gasteiger partial charge on any atom is 0.185 e. The standard InChI is InChI=1S/C7H18N4/c1-3-11(4-2)6-5-10-7(8)9/h3-6H2,1-2H3,(H4,8,9,10). The van der Waals surface area contributed by atoms with Crippen molar-refractivity contribution in [2.45, 2.75) is 13.8 Å². The molecule has 0 aromatic carbocycles. The Morgan fingerprint density at radius 3 is 2.18 bits per heavy atom. The number of guanidine groups is 1. The van der Waals surface area contributed by atoms with Crippen LogP contribution in [-0.2, 0) is 0 Å². The highest BCUT2D eigenvalue weighted by Crippen LogP contribution is 1.85. The van der Waals surface area contributed by atoms with Gasteiger partial charge in [-0.15, -0.1) is 0 Å². The molecule has 0 unspecified atom stereocenters. The van der Waals surface area contributed by atoms with E-state index in [1.807, 2.05) is 0 Å². The van der Waals surface area contributed by atoms with Crippen molar-refractivity contribution in [2.24, 2.45) is 16.5 Å². The summed E-state index contributed by atoms with van der Waals surface area (Å²) < 4.78 is 0. The minimum atomic E-state index is 0.178. The molecule has 0 aliphatic heterocycles. The lowest BCUT2D eigenvalue weighted by Gasteiger charge is -2.15. The summed E-state index contributed by atoms with van der Waals surface area (Å²) in [6.45, 7) is 7.99. The second kappa shape index (κ2) is 5.97. The van der Waals surface area contributed by atoms with E-state index in [1.54, 1.807) is 0 Å². The Balaban J connectivity index is 3.43. The summed E-state index contributed by atoms with van der Waals surface area (Å²) in [5.41, 5.74) is 10.3. The van der Waals surface area contributed by atoms with E-state index in [-0.39, 0.29) is 5.96 Å². The SMILES string of the molecule is CCN(CC)CCN=C(N)N. The minimum Gasteiger partial charge on any atom is -0.370 e. The van der Waals surface area contributed by atoms with Crippen LogP contribution in [0.4, 0.5) is 0 Å². The zero-order chi connectivity index (χ0) is 8.69. The molecule has 0 fully saturated rings. The number of nitrogens with zero attached hydrogens (tertiary/aromatic N) is 2. The van der Waals surface area contributed by atoms with Crippen LogP contribution in [0, 0.1) is 0 Å². The van der Waals surface area contributed by atoms with Crippen LogP contribution >= 0.6 is 0 Å². The Bertz CT molecular complexity index is 114. The van der Waals surface area contributed by atoms with Gasteiger partial charge in [-0.05, 0) is 13.1 Å². The molecule has 4 heteroatoms. The summed E-state index contributed by atoms with van der Waals surface area (Å²) in [4.78, 5) is 6.16. The Morgan fingerprint density at radius 2 is 1.82 bits per heavy atom. The summed E-state index contributed by atoms with van der Waals surface area (Å²) in [5.74, 6) is 0.178. The van der Waals surface area contributed by atoms with E-state index < -0.39 is 0 Å². The van der Waals surface area contributed by atoms with Crippen LogP contribution in [0.1, 0.15) is 13.8 Å². The van der Waals surface area contributed by atoms with Gasteiger partial charge < -0.3 is 16.4 Å². The first-order valence-electron chi connectivity index (χ1n) is 3.98. The number of hydrogen-bond acceptors (Lipinski definition) is 2. The van der Waals surface area contributed by atoms with Crippen LogP contribution < -0.4 is 11.5 Å². The van der Waals surface area contributed by atoms with Crippen LogP contribution in [0.15, 0.2) is 4.99 Å². The highest BCUT2D eigenvalue weighted by Gasteiger charge is 1.95. The minimum absolute atomic E-state index is 0.178. The Hall–Kier alpha value is -0.770. The van der Waals surface area contributed by atoms with E-state index in [4.69, 9.17) is 11.5 Å². The zero-order valence-electron chi connectivity index (χ0n) is 7.38. The van der Waals surface area contributed by atoms with Crippen LogP contribution in [0.3, 0.4) is 0 Å². The predicted octanol–water partition coefficient (Wildman–Crippen LogP) is -0.398. The quantitative estimate of drug-likeness (QED) is 0.422. The van der Waals surface area contributed by atoms with Gasteiger partial charge in [-0.2, -0.15) is 0 Å². The molecule has 0 aromatic heterocycles. The fourth-order valence-corrected chi connectivity index (χ4v) is 0.860. The van der Waals surface area contributed by atoms with Crippen molar-refractivity contribution in [1.29, 1.82) is 0 Å². The molecule has 0 bridgehead atoms. The van der Waals surface area contributed by atoms with Crippen molar-refractivity contribution in [1.82, 2.24) is 4.90 Å². The topological polar surface area (TPSA) is 67.6 Å². The lowest BCUT2D eigenvalue weighted by atomic mass is 10.5. The highest BCUT2D eigenvalue weighted by molar-refractivity contribution is 5.75. The molecule has 4 nitrogen and oxygen atoms in total. The molecule has 0 spiro atoms. The Labute approximate surface area is 68.3 Å². The summed E-state index contributed by atoms with van der Waals surface area (Å²) in [6, 6.07) is 0. The zero-order valence-corrected chi connectivity index (χ0v) is 7.38. The summed E-state index contributed by atoms with van der Waals surface area (Å²) in [7, 11) is 0. The average Bonchev–Trinajstić information content (AvgIpc) is 1.98. The molecule has 0 aromatic rings. The molecule has 11 heavy (non-hydrogen) atoms. The Kier molecular flexibility index (Phi) is 5.56. The van der Waals surface area contributed by atoms with Gasteiger partial charge in [0.2, 0.25) is 0 Å². The van der Waals surface area contributed by atoms with Gasteiger partial charge >= 0.3 is 0 Å². The van der Waals surface area contributed by atoms with Gasteiger partial charge in [0.25, 0.3) is 0 Å². The predicted molar refractivity (Wildman–Crippen MR) is 48.5 cm³/mol. The fourth-order valence-electron chi connectivity index (χ4n) is 0.860. The summed E-state index contributed by atoms with van der Waals surface area (Å²) in [6.07, 6.45) is 0. The summed E-state index contributed by atoms with van der Waals surface area (Å²) in [5, 5.41) is 0. The third kappa shape index (κ3) is 5.66. The van der Waals surface area contributed by atoms with E-state index >= 15 is 0 Å². The highest BCUT2D eigenvalue weighted by atomic mass is 15.1. The molecule has 0 heterocycles. The molecule has 66 valence electrons. The lowest BCUT2D eigenvalue weighted by molar-refractivity contribution is 0.313. The lowest BCUT2D eigenvalue weighted by Crippen LogP contribution is -2.28. The Morgan fingerprint density at radius 1 is 1.27 bits per heavy atom. The molecule has 0 aliphatic rings. The van der Waals surface area contributed by atoms with Crippen molar-refractivity contribution in [3.05, 3.63) is 0 Å². The number of nitrogens with two attached hydrogens (primary N) is 2. The van der Waals surface area contributed by atoms with Crippen molar-refractivity contribution in [3.8, 4) is 0 Å². The molecule has 0 atom stereocenters. The van der Waals surface area contributed by atoms with Crippen molar-refractivity contribution < 1.29 is 0 Å². The van der Waals surface area contributed by atoms with Gasteiger partial charge in [0.1, 0.15) is 0 Å². The van der Waals surface area contributed by atoms with E-state index in [2.05, 4.69) is 23.7 Å². The van der Waals surface area contributed by atoms with Gasteiger partial charge in [-0.1, -0.05) is 13.8 Å². The fraction of sp³-hybridized carbons (Fsp3) is 0.857. The maximum absolute atomic E-state index is 5.17. The number of rotatable bonds is 5. The number of likely N-dealkylation sites (N-methyl/N-ethyl adjacent to an activating group) is 1. The average molecular weight is 158 g/mol. The van der Waals surface area contributed by atoms with E-state index in [1.165, 1.54) is 0 Å². The first-order valence-corrected chi connectivity index (χ1v) is 3.98. The van der Waals surface area contributed by atoms with Gasteiger partial charge in [0, 0.05) is 6.54 Å². The molecule has 0 aliphatic carbocycles. The van der Waals surface area contributed by atoms with Gasteiger partial charge in [-0.25, -0.2) is 0 Å². The van der Waals surface area contributed by atoms with Gasteiger partial charge in [0.15, 0.2) is 5.96 Å². The first kappa shape index (κ1) is 10.2. The van der Waals surface area contributed by atoms with Gasteiger partial charge in [-0.3, -0.25) is 4.99 Å². The number of hydrogen-bond donors (Lipinski definition) is 2. The third-order valence-electron chi connectivity index (χ3n) is 1.61. The second-order valence-electron chi connectivity index (χ2n) is 2.33. The van der Waals surface area contributed by atoms with Crippen molar-refractivity contribution in [2.75, 3.05) is 26.2 Å². The van der Waals surface area contributed by atoms with E-state index in [0.29, 0.717) is 6.54 Å². The van der Waals surface area contributed by atoms with Crippen LogP contribution in [-0.4, -0.2) is 37.0 Å². The smallest absolute Gasteiger partial charge is 0.185 e. The first-order chi connectivity index (χ1) is 5.20. The van der Waals surface area contributed by atoms with Crippen LogP contribution in [0.25, 0.3) is 0 Å². The monoisotopic (exact) mass is 158 g/mol. The van der Waals surface area contributed by atoms with Crippen LogP contribution in [0.5, 0.6) is 0 Å².